The predicted octanol–water partition coefficient (Wildman–Crippen LogP) is 7.70. The number of Topliss-reactive ketones (excluding diaryl/α,β-unsaturated/α-hetero) is 1. The van der Waals surface area contributed by atoms with Crippen LogP contribution in [0.3, 0.4) is 0 Å². The Bertz CT molecular complexity index is 4270. The molecule has 0 spiro atoms. The van der Waals surface area contributed by atoms with Crippen LogP contribution in [-0.4, -0.2) is 140 Å². The summed E-state index contributed by atoms with van der Waals surface area (Å²) in [6, 6.07) is 13.3. The normalized spacial score (nSPS) is 20.2. The molecule has 468 valence electrons. The number of aliphatic hydroxyl groups excluding tert-OH is 2. The maximum Gasteiger partial charge on any atom is 0.271 e. The van der Waals surface area contributed by atoms with Crippen molar-refractivity contribution in [3.05, 3.63) is 141 Å². The number of nitrogens with zero attached hydrogens (tertiary/aromatic N) is 9. The van der Waals surface area contributed by atoms with Gasteiger partial charge in [0.05, 0.1) is 47.1 Å². The number of fused-ring (bicyclic) bond motifs is 16. The molecule has 2 fully saturated rings. The first kappa shape index (κ1) is 62.7. The van der Waals surface area contributed by atoms with E-state index in [0.717, 1.165) is 59.9 Å². The van der Waals surface area contributed by atoms with E-state index in [1.165, 1.54) is 55.7 Å². The Morgan fingerprint density at radius 1 is 0.725 bits per heavy atom. The summed E-state index contributed by atoms with van der Waals surface area (Å²) in [5.74, 6) is -6.16. The fraction of sp³-hybridized carbons (Fsp3) is 0.311. The average Bonchev–Trinajstić information content (AvgIpc) is 1.68. The Balaban J connectivity index is 0.945. The van der Waals surface area contributed by atoms with Gasteiger partial charge in [0.1, 0.15) is 76.7 Å². The lowest BCUT2D eigenvalue weighted by Crippen LogP contribution is -2.50. The molecule has 2 saturated heterocycles. The molecule has 6 amide bonds. The molecule has 10 N–H and O–H groups in total. The molecule has 2 aromatic carbocycles. The van der Waals surface area contributed by atoms with Crippen molar-refractivity contribution in [2.45, 2.75) is 88.6 Å². The van der Waals surface area contributed by atoms with E-state index >= 15 is 4.79 Å². The number of hydrogen-bond donors (Lipinski definition) is 8. The zero-order chi connectivity index (χ0) is 63.8. The number of benzene rings is 2. The SMILES string of the molecule is Cc1sc2nc1C(=O)C[C@@H]([C@H](O)c1ccccc1)c1nc(cs1)C(=O)N[C@@H](Cc1ccc(O)c(NC(=O)CCN3CCCC3)c1)C(=O)N1C[C@H](O)[C@H](C)[C@H]1c1nc(cs1)-c1nc(cs1)-c1nc(-c3nc(C(N)=O)cs3)ccc1-c1nc(cs1)C(=O)N[C@H]2CC(N)=O. The first-order chi connectivity index (χ1) is 43.8. The zero-order valence-electron chi connectivity index (χ0n) is 48.6. The van der Waals surface area contributed by atoms with Crippen molar-refractivity contribution < 1.29 is 48.9 Å². The third kappa shape index (κ3) is 13.6. The number of phenolic OH excluding ortho intramolecular Hbond substituents is 1. The highest BCUT2D eigenvalue weighted by Gasteiger charge is 2.46. The van der Waals surface area contributed by atoms with Gasteiger partial charge < -0.3 is 52.5 Å². The van der Waals surface area contributed by atoms with Gasteiger partial charge in [-0.2, -0.15) is 0 Å². The van der Waals surface area contributed by atoms with Crippen molar-refractivity contribution in [2.75, 3.05) is 31.5 Å². The molecule has 7 atom stereocenters. The van der Waals surface area contributed by atoms with Gasteiger partial charge >= 0.3 is 0 Å². The van der Waals surface area contributed by atoms with Gasteiger partial charge in [-0.15, -0.1) is 68.0 Å². The van der Waals surface area contributed by atoms with E-state index in [4.69, 9.17) is 41.4 Å². The van der Waals surface area contributed by atoms with Gasteiger partial charge in [-0.3, -0.25) is 33.6 Å². The molecule has 0 saturated carbocycles. The van der Waals surface area contributed by atoms with E-state index in [1.807, 2.05) is 0 Å². The van der Waals surface area contributed by atoms with Crippen molar-refractivity contribution in [3.8, 4) is 49.1 Å². The number of likely N-dealkylation sites (tertiary alicyclic amines) is 1. The third-order valence-corrected chi connectivity index (χ3v) is 21.6. The number of hydrogen-bond acceptors (Lipinski definition) is 24. The summed E-state index contributed by atoms with van der Waals surface area (Å²) in [6.45, 7) is 5.69. The summed E-state index contributed by atoms with van der Waals surface area (Å²) in [4.78, 5) is 135. The molecule has 30 heteroatoms. The molecular weight excluding hydrogens is 1280 g/mol. The van der Waals surface area contributed by atoms with Crippen LogP contribution in [-0.2, 0) is 20.8 Å². The number of aryl methyl sites for hydroxylation is 1. The first-order valence-electron chi connectivity index (χ1n) is 28.9. The largest absolute Gasteiger partial charge is 0.506 e. The number of nitrogens with two attached hydrogens (primary N) is 2. The van der Waals surface area contributed by atoms with Crippen molar-refractivity contribution in [1.82, 2.24) is 55.3 Å². The van der Waals surface area contributed by atoms with Crippen LogP contribution in [0, 0.1) is 12.8 Å². The van der Waals surface area contributed by atoms with Crippen molar-refractivity contribution >= 4 is 115 Å². The second-order valence-corrected chi connectivity index (χ2v) is 27.8. The monoisotopic (exact) mass is 1340 g/mol. The number of thiazole rings is 6. The second-order valence-electron chi connectivity index (χ2n) is 22.2. The highest BCUT2D eigenvalue weighted by molar-refractivity contribution is 7.15. The number of aliphatic hydroxyl groups is 2. The van der Waals surface area contributed by atoms with Crippen molar-refractivity contribution in [2.24, 2.45) is 17.4 Å². The number of nitrogens with one attached hydrogen (secondary N) is 3. The summed E-state index contributed by atoms with van der Waals surface area (Å²) in [5, 5.41) is 53.6. The Kier molecular flexibility index (Phi) is 18.5. The number of amides is 6. The Hall–Kier alpha value is -8.46. The molecule has 7 aromatic heterocycles. The molecule has 24 nitrogen and oxygen atoms in total. The van der Waals surface area contributed by atoms with Gasteiger partial charge in [-0.25, -0.2) is 34.9 Å². The highest BCUT2D eigenvalue weighted by Crippen LogP contribution is 2.44. The highest BCUT2D eigenvalue weighted by atomic mass is 32.1. The molecule has 12 rings (SSSR count). The van der Waals surface area contributed by atoms with Crippen LogP contribution in [0.1, 0.15) is 136 Å². The zero-order valence-corrected chi connectivity index (χ0v) is 53.5. The molecule has 3 aliphatic heterocycles. The standard InChI is InChI=1S/C61H58N14O10S6/c1-28-45(78)22-75-50(28)60-72-42(27-90-60)58-68-38(23-88-58)49-32(11-12-34(65-49)57-69-39(24-89-57)52(63)82)55-70-40(25-86-55)53(83)66-36(21-46(62)79)59-73-48(29(2)91-59)44(77)20-33(51(81)31-8-4-3-5-9-31)56-71-41(26-87-56)54(84)67-37(61(75)85)19-30-10-13-43(76)35(18-30)64-47(80)14-17-74-15-6-7-16-74/h3-5,8-13,18,23-28,33,36-37,45,50-51,76,78,81H,6-7,14-17,19-22H2,1-2H3,(H2,62,79)(H2,63,82)(H,64,80)(H,66,83)(H,67,84)/t28-,33-,36-,37-,45-,50-,51+/m0/s1. The number of anilines is 1. The fourth-order valence-electron chi connectivity index (χ4n) is 11.2. The Morgan fingerprint density at radius 2 is 1.40 bits per heavy atom. The number of rotatable bonds is 12. The summed E-state index contributed by atoms with van der Waals surface area (Å²) >= 11 is 6.92. The smallest absolute Gasteiger partial charge is 0.271 e. The molecular formula is C61H58N14O10S6. The van der Waals surface area contributed by atoms with Gasteiger partial charge in [-0.1, -0.05) is 43.3 Å². The third-order valence-electron chi connectivity index (χ3n) is 16.0. The number of carbonyl (C=O) groups excluding carboxylic acids is 7. The van der Waals surface area contributed by atoms with Crippen molar-refractivity contribution in [3.63, 3.8) is 0 Å². The molecule has 3 aliphatic rings. The maximum absolute atomic E-state index is 15.5. The number of primary amides is 2. The van der Waals surface area contributed by atoms with Crippen LogP contribution in [0.5, 0.6) is 5.75 Å². The maximum atomic E-state index is 15.5. The van der Waals surface area contributed by atoms with Crippen LogP contribution >= 0.6 is 68.0 Å². The number of ketones is 1. The molecule has 0 unspecified atom stereocenters. The summed E-state index contributed by atoms with van der Waals surface area (Å²) in [7, 11) is 0. The van der Waals surface area contributed by atoms with Gasteiger partial charge in [-0.05, 0) is 68.2 Å². The minimum absolute atomic E-state index is 0.00889. The second kappa shape index (κ2) is 26.8. The average molecular weight is 1340 g/mol. The molecule has 9 aromatic rings. The lowest BCUT2D eigenvalue weighted by molar-refractivity contribution is -0.134. The van der Waals surface area contributed by atoms with Crippen LogP contribution in [0.15, 0.2) is 87.6 Å². The van der Waals surface area contributed by atoms with Crippen LogP contribution in [0.2, 0.25) is 0 Å². The van der Waals surface area contributed by atoms with E-state index in [9.17, 15) is 44.1 Å². The van der Waals surface area contributed by atoms with Crippen molar-refractivity contribution in [1.29, 1.82) is 0 Å². The number of aromatic hydroxyl groups is 1. The van der Waals surface area contributed by atoms with E-state index in [1.54, 1.807) is 84.6 Å². The molecule has 91 heavy (non-hydrogen) atoms. The molecule has 0 radical (unpaired) electrons. The molecule has 0 aliphatic carbocycles. The van der Waals surface area contributed by atoms with Gasteiger partial charge in [0, 0.05) is 81.5 Å². The minimum Gasteiger partial charge on any atom is -0.506 e. The van der Waals surface area contributed by atoms with Gasteiger partial charge in [0.15, 0.2) is 5.78 Å². The van der Waals surface area contributed by atoms with Gasteiger partial charge in [0.25, 0.3) is 17.7 Å². The van der Waals surface area contributed by atoms with E-state index in [2.05, 4.69) is 25.8 Å². The Labute approximate surface area is 543 Å². The Morgan fingerprint density at radius 3 is 2.15 bits per heavy atom. The summed E-state index contributed by atoms with van der Waals surface area (Å²) in [5.41, 5.74) is 14.3. The number of phenols is 1. The number of aromatic nitrogens is 7. The summed E-state index contributed by atoms with van der Waals surface area (Å²) < 4.78 is 0. The van der Waals surface area contributed by atoms with Crippen LogP contribution < -0.4 is 27.4 Å². The van der Waals surface area contributed by atoms with Crippen LogP contribution in [0.25, 0.3) is 43.4 Å². The van der Waals surface area contributed by atoms with E-state index in [-0.39, 0.29) is 75.9 Å². The minimum atomic E-state index is -1.35. The van der Waals surface area contributed by atoms with Gasteiger partial charge in [0.2, 0.25) is 17.7 Å². The predicted molar refractivity (Wildman–Crippen MR) is 345 cm³/mol. The molecule has 10 bridgehead atoms. The van der Waals surface area contributed by atoms with E-state index < -0.39 is 83.9 Å². The lowest BCUT2D eigenvalue weighted by Gasteiger charge is -2.29. The van der Waals surface area contributed by atoms with Crippen LogP contribution in [0.4, 0.5) is 5.69 Å². The molecule has 10 heterocycles. The number of carbonyl (C=O) groups is 7. The van der Waals surface area contributed by atoms with E-state index in [0.29, 0.717) is 70.9 Å². The topological polar surface area (TPSA) is 365 Å². The quantitative estimate of drug-likeness (QED) is 0.0543. The number of pyridine rings is 1. The fourth-order valence-corrected chi connectivity index (χ4v) is 16.6. The lowest BCUT2D eigenvalue weighted by atomic mass is 9.90. The first-order valence-corrected chi connectivity index (χ1v) is 34.1. The summed E-state index contributed by atoms with van der Waals surface area (Å²) in [6.07, 6.45) is -0.958.